The maximum absolute atomic E-state index is 9.40. The molecule has 0 aliphatic heterocycles. The van der Waals surface area contributed by atoms with Crippen LogP contribution in [0.5, 0.6) is 5.75 Å². The van der Waals surface area contributed by atoms with Gasteiger partial charge in [0.05, 0.1) is 0 Å². The van der Waals surface area contributed by atoms with Crippen molar-refractivity contribution < 1.29 is 5.11 Å². The first kappa shape index (κ1) is 13.3. The normalized spacial score (nSPS) is 18.1. The standard InChI is InChI=1S/C16H25NO/c1-13-11-15(18)9-10-16(13)17-12-14-7-5-3-2-4-6-8-14/h9-11,14,17-18H,2-8,12H2,1H3. The summed E-state index contributed by atoms with van der Waals surface area (Å²) in [5.41, 5.74) is 2.29. The molecular weight excluding hydrogens is 222 g/mol. The van der Waals surface area contributed by atoms with E-state index in [0.717, 1.165) is 23.7 Å². The highest BCUT2D eigenvalue weighted by molar-refractivity contribution is 5.53. The van der Waals surface area contributed by atoms with Gasteiger partial charge in [-0.1, -0.05) is 32.1 Å². The fourth-order valence-corrected chi connectivity index (χ4v) is 2.85. The Balaban J connectivity index is 1.85. The molecule has 1 fully saturated rings. The van der Waals surface area contributed by atoms with Crippen LogP contribution in [-0.4, -0.2) is 11.7 Å². The van der Waals surface area contributed by atoms with Crippen LogP contribution < -0.4 is 5.32 Å². The minimum atomic E-state index is 0.351. The molecule has 1 aliphatic carbocycles. The third-order valence-electron chi connectivity index (χ3n) is 4.02. The van der Waals surface area contributed by atoms with Crippen molar-refractivity contribution in [3.8, 4) is 5.75 Å². The number of rotatable bonds is 3. The summed E-state index contributed by atoms with van der Waals surface area (Å²) in [5.74, 6) is 1.17. The Hall–Kier alpha value is -1.18. The number of aryl methyl sites for hydroxylation is 1. The molecule has 0 heterocycles. The van der Waals surface area contributed by atoms with Crippen LogP contribution in [0.25, 0.3) is 0 Å². The van der Waals surface area contributed by atoms with Gasteiger partial charge in [0.15, 0.2) is 0 Å². The Labute approximate surface area is 110 Å². The minimum Gasteiger partial charge on any atom is -0.508 e. The summed E-state index contributed by atoms with van der Waals surface area (Å²) in [6.07, 6.45) is 9.76. The lowest BCUT2D eigenvalue weighted by Crippen LogP contribution is -2.16. The molecule has 0 atom stereocenters. The van der Waals surface area contributed by atoms with E-state index in [0.29, 0.717) is 5.75 Å². The Bertz CT molecular complexity index is 367. The molecule has 1 aromatic carbocycles. The van der Waals surface area contributed by atoms with Gasteiger partial charge in [-0.15, -0.1) is 0 Å². The summed E-state index contributed by atoms with van der Waals surface area (Å²) < 4.78 is 0. The van der Waals surface area contributed by atoms with Gasteiger partial charge in [-0.2, -0.15) is 0 Å². The average molecular weight is 247 g/mol. The molecule has 100 valence electrons. The first-order valence-corrected chi connectivity index (χ1v) is 7.29. The van der Waals surface area contributed by atoms with Gasteiger partial charge in [0, 0.05) is 12.2 Å². The van der Waals surface area contributed by atoms with Crippen molar-refractivity contribution in [1.29, 1.82) is 0 Å². The first-order chi connectivity index (χ1) is 8.75. The molecule has 0 radical (unpaired) electrons. The Morgan fingerprint density at radius 3 is 2.44 bits per heavy atom. The molecule has 0 amide bonds. The van der Waals surface area contributed by atoms with E-state index in [1.165, 1.54) is 44.9 Å². The number of nitrogens with one attached hydrogen (secondary N) is 1. The fourth-order valence-electron chi connectivity index (χ4n) is 2.85. The van der Waals surface area contributed by atoms with E-state index in [1.807, 2.05) is 19.1 Å². The van der Waals surface area contributed by atoms with Crippen molar-refractivity contribution in [2.75, 3.05) is 11.9 Å². The van der Waals surface area contributed by atoms with E-state index in [-0.39, 0.29) is 0 Å². The topological polar surface area (TPSA) is 32.3 Å². The maximum Gasteiger partial charge on any atom is 0.115 e. The Morgan fingerprint density at radius 1 is 1.11 bits per heavy atom. The molecule has 18 heavy (non-hydrogen) atoms. The largest absolute Gasteiger partial charge is 0.508 e. The van der Waals surface area contributed by atoms with E-state index < -0.39 is 0 Å². The molecule has 1 aliphatic rings. The first-order valence-electron chi connectivity index (χ1n) is 7.29. The summed E-state index contributed by atoms with van der Waals surface area (Å²) >= 11 is 0. The zero-order chi connectivity index (χ0) is 12.8. The van der Waals surface area contributed by atoms with Crippen LogP contribution in [0.4, 0.5) is 5.69 Å². The number of benzene rings is 1. The lowest BCUT2D eigenvalue weighted by molar-refractivity contribution is 0.392. The zero-order valence-corrected chi connectivity index (χ0v) is 11.4. The predicted octanol–water partition coefficient (Wildman–Crippen LogP) is 4.47. The highest BCUT2D eigenvalue weighted by atomic mass is 16.3. The van der Waals surface area contributed by atoms with Crippen LogP contribution in [-0.2, 0) is 0 Å². The fraction of sp³-hybridized carbons (Fsp3) is 0.625. The molecular formula is C16H25NO. The van der Waals surface area contributed by atoms with E-state index >= 15 is 0 Å². The van der Waals surface area contributed by atoms with Gasteiger partial charge in [0.25, 0.3) is 0 Å². The molecule has 2 N–H and O–H groups in total. The van der Waals surface area contributed by atoms with Crippen molar-refractivity contribution in [2.24, 2.45) is 5.92 Å². The second-order valence-corrected chi connectivity index (χ2v) is 5.59. The van der Waals surface area contributed by atoms with Crippen LogP contribution in [0, 0.1) is 12.8 Å². The second kappa shape index (κ2) is 6.67. The Morgan fingerprint density at radius 2 is 1.78 bits per heavy atom. The van der Waals surface area contributed by atoms with Gasteiger partial charge in [0.1, 0.15) is 5.75 Å². The number of anilines is 1. The van der Waals surface area contributed by atoms with Gasteiger partial charge in [-0.25, -0.2) is 0 Å². The third-order valence-corrected chi connectivity index (χ3v) is 4.02. The van der Waals surface area contributed by atoms with E-state index in [1.54, 1.807) is 6.07 Å². The zero-order valence-electron chi connectivity index (χ0n) is 11.4. The summed E-state index contributed by atoms with van der Waals surface area (Å²) in [4.78, 5) is 0. The molecule has 0 unspecified atom stereocenters. The third kappa shape index (κ3) is 3.94. The van der Waals surface area contributed by atoms with Gasteiger partial charge in [-0.3, -0.25) is 0 Å². The van der Waals surface area contributed by atoms with Crippen molar-refractivity contribution >= 4 is 5.69 Å². The molecule has 1 aromatic rings. The van der Waals surface area contributed by atoms with Crippen LogP contribution >= 0.6 is 0 Å². The highest BCUT2D eigenvalue weighted by Gasteiger charge is 2.11. The summed E-state index contributed by atoms with van der Waals surface area (Å²) in [7, 11) is 0. The molecule has 0 saturated heterocycles. The number of hydrogen-bond acceptors (Lipinski definition) is 2. The second-order valence-electron chi connectivity index (χ2n) is 5.59. The number of hydrogen-bond donors (Lipinski definition) is 2. The van der Waals surface area contributed by atoms with E-state index in [9.17, 15) is 5.11 Å². The van der Waals surface area contributed by atoms with Crippen molar-refractivity contribution in [3.63, 3.8) is 0 Å². The molecule has 0 spiro atoms. The molecule has 1 saturated carbocycles. The molecule has 2 rings (SSSR count). The van der Waals surface area contributed by atoms with Crippen LogP contribution in [0.15, 0.2) is 18.2 Å². The number of phenols is 1. The van der Waals surface area contributed by atoms with Crippen LogP contribution in [0.3, 0.4) is 0 Å². The average Bonchev–Trinajstić information content (AvgIpc) is 2.29. The lowest BCUT2D eigenvalue weighted by atomic mass is 9.91. The summed E-state index contributed by atoms with van der Waals surface area (Å²) in [5, 5.41) is 12.9. The maximum atomic E-state index is 9.40. The molecule has 0 bridgehead atoms. The quantitative estimate of drug-likeness (QED) is 0.772. The summed E-state index contributed by atoms with van der Waals surface area (Å²) in [6.45, 7) is 3.12. The predicted molar refractivity (Wildman–Crippen MR) is 77.1 cm³/mol. The molecule has 2 heteroatoms. The monoisotopic (exact) mass is 247 g/mol. The Kier molecular flexibility index (Phi) is 4.91. The van der Waals surface area contributed by atoms with Crippen LogP contribution in [0.2, 0.25) is 0 Å². The molecule has 0 aromatic heterocycles. The van der Waals surface area contributed by atoms with Crippen molar-refractivity contribution in [3.05, 3.63) is 23.8 Å². The van der Waals surface area contributed by atoms with Crippen molar-refractivity contribution in [1.82, 2.24) is 0 Å². The van der Waals surface area contributed by atoms with Gasteiger partial charge in [0.2, 0.25) is 0 Å². The minimum absolute atomic E-state index is 0.351. The number of phenolic OH excluding ortho intramolecular Hbond substituents is 1. The summed E-state index contributed by atoms with van der Waals surface area (Å²) in [6, 6.07) is 5.56. The SMILES string of the molecule is Cc1cc(O)ccc1NCC1CCCCCCC1. The lowest BCUT2D eigenvalue weighted by Gasteiger charge is -2.21. The molecule has 2 nitrogen and oxygen atoms in total. The van der Waals surface area contributed by atoms with Gasteiger partial charge >= 0.3 is 0 Å². The van der Waals surface area contributed by atoms with E-state index in [4.69, 9.17) is 0 Å². The van der Waals surface area contributed by atoms with Gasteiger partial charge < -0.3 is 10.4 Å². The smallest absolute Gasteiger partial charge is 0.115 e. The van der Waals surface area contributed by atoms with Crippen molar-refractivity contribution in [2.45, 2.75) is 51.9 Å². The highest BCUT2D eigenvalue weighted by Crippen LogP contribution is 2.24. The van der Waals surface area contributed by atoms with Crippen LogP contribution in [0.1, 0.15) is 50.5 Å². The number of aromatic hydroxyl groups is 1. The van der Waals surface area contributed by atoms with Gasteiger partial charge in [-0.05, 0) is 49.4 Å². The van der Waals surface area contributed by atoms with E-state index in [2.05, 4.69) is 5.32 Å².